The summed E-state index contributed by atoms with van der Waals surface area (Å²) < 4.78 is 10.5. The Kier molecular flexibility index (Phi) is 7.99. The van der Waals surface area contributed by atoms with Crippen LogP contribution in [0, 0.1) is 13.8 Å². The van der Waals surface area contributed by atoms with E-state index in [0.717, 1.165) is 16.8 Å². The second-order valence-electron chi connectivity index (χ2n) is 6.51. The first kappa shape index (κ1) is 22.5. The minimum atomic E-state index is -0.598. The van der Waals surface area contributed by atoms with Gasteiger partial charge in [0.05, 0.1) is 13.7 Å². The Morgan fingerprint density at radius 3 is 2.57 bits per heavy atom. The van der Waals surface area contributed by atoms with Gasteiger partial charge in [0.25, 0.3) is 5.91 Å². The summed E-state index contributed by atoms with van der Waals surface area (Å²) in [6, 6.07) is 10.6. The molecule has 0 fully saturated rings. The Labute approximate surface area is 175 Å². The third-order valence-electron chi connectivity index (χ3n) is 4.29. The molecule has 0 aliphatic heterocycles. The van der Waals surface area contributed by atoms with Gasteiger partial charge >= 0.3 is 0 Å². The molecular weight excluding hydrogens is 386 g/mol. The molecule has 0 atom stereocenters. The van der Waals surface area contributed by atoms with E-state index in [9.17, 15) is 14.4 Å². The van der Waals surface area contributed by atoms with Crippen molar-refractivity contribution in [2.45, 2.75) is 13.8 Å². The van der Waals surface area contributed by atoms with Crippen molar-refractivity contribution in [3.8, 4) is 11.5 Å². The molecule has 0 unspecified atom stereocenters. The van der Waals surface area contributed by atoms with Crippen molar-refractivity contribution in [2.24, 2.45) is 5.73 Å². The Bertz CT molecular complexity index is 969. The molecule has 0 aliphatic carbocycles. The van der Waals surface area contributed by atoms with E-state index in [0.29, 0.717) is 17.1 Å². The molecule has 8 nitrogen and oxygen atoms in total. The van der Waals surface area contributed by atoms with E-state index in [1.165, 1.54) is 13.2 Å². The van der Waals surface area contributed by atoms with Gasteiger partial charge < -0.3 is 25.8 Å². The summed E-state index contributed by atoms with van der Waals surface area (Å²) in [5.41, 5.74) is 8.50. The van der Waals surface area contributed by atoms with Crippen LogP contribution < -0.4 is 25.8 Å². The van der Waals surface area contributed by atoms with Gasteiger partial charge in [-0.25, -0.2) is 0 Å². The fraction of sp³-hybridized carbons (Fsp3) is 0.227. The number of carbonyl (C=O) groups is 3. The Morgan fingerprint density at radius 1 is 1.10 bits per heavy atom. The van der Waals surface area contributed by atoms with Gasteiger partial charge in [-0.1, -0.05) is 18.2 Å². The summed E-state index contributed by atoms with van der Waals surface area (Å²) in [6.07, 6.45) is 2.88. The summed E-state index contributed by atoms with van der Waals surface area (Å²) in [5.74, 6) is -0.575. The van der Waals surface area contributed by atoms with E-state index in [1.807, 2.05) is 32.0 Å². The maximum Gasteiger partial charge on any atom is 0.255 e. The Morgan fingerprint density at radius 2 is 1.87 bits per heavy atom. The number of ether oxygens (including phenoxy) is 2. The molecule has 2 aromatic rings. The highest BCUT2D eigenvalue weighted by Crippen LogP contribution is 2.28. The predicted molar refractivity (Wildman–Crippen MR) is 114 cm³/mol. The number of primary amides is 1. The van der Waals surface area contributed by atoms with Crippen molar-refractivity contribution in [3.63, 3.8) is 0 Å². The maximum atomic E-state index is 12.1. The summed E-state index contributed by atoms with van der Waals surface area (Å²) in [5, 5.41) is 5.31. The first-order chi connectivity index (χ1) is 14.3. The average Bonchev–Trinajstić information content (AvgIpc) is 2.72. The fourth-order valence-corrected chi connectivity index (χ4v) is 2.54. The molecule has 2 rings (SSSR count). The van der Waals surface area contributed by atoms with Gasteiger partial charge in [0.2, 0.25) is 11.8 Å². The number of rotatable bonds is 9. The van der Waals surface area contributed by atoms with Crippen LogP contribution in [0.3, 0.4) is 0 Å². The zero-order valence-corrected chi connectivity index (χ0v) is 17.2. The summed E-state index contributed by atoms with van der Waals surface area (Å²) in [4.78, 5) is 34.9. The fourth-order valence-electron chi connectivity index (χ4n) is 2.54. The third kappa shape index (κ3) is 6.66. The third-order valence-corrected chi connectivity index (χ3v) is 4.29. The van der Waals surface area contributed by atoms with E-state index in [1.54, 1.807) is 24.3 Å². The number of aryl methyl sites for hydroxylation is 1. The van der Waals surface area contributed by atoms with Gasteiger partial charge in [0.1, 0.15) is 0 Å². The summed E-state index contributed by atoms with van der Waals surface area (Å²) >= 11 is 0. The van der Waals surface area contributed by atoms with Gasteiger partial charge in [-0.2, -0.15) is 0 Å². The van der Waals surface area contributed by atoms with Gasteiger partial charge in [-0.3, -0.25) is 14.4 Å². The molecular formula is C22H25N3O5. The topological polar surface area (TPSA) is 120 Å². The molecule has 0 bridgehead atoms. The number of hydrogen-bond acceptors (Lipinski definition) is 5. The zero-order valence-electron chi connectivity index (χ0n) is 17.2. The van der Waals surface area contributed by atoms with Gasteiger partial charge in [-0.15, -0.1) is 0 Å². The Balaban J connectivity index is 1.90. The molecule has 0 saturated carbocycles. The first-order valence-corrected chi connectivity index (χ1v) is 9.21. The number of anilines is 1. The molecule has 2 aromatic carbocycles. The molecule has 0 heterocycles. The van der Waals surface area contributed by atoms with Crippen LogP contribution in [-0.2, 0) is 14.4 Å². The standard InChI is InChI=1S/C22H25N3O5/c1-14-5-4-6-17(15(14)2)25-22(28)12-24-21(27)10-8-16-7-9-18(19(11-16)29-3)30-13-20(23)26/h4-11H,12-13H2,1-3H3,(H2,23,26)(H,24,27)(H,25,28)/b10-8+. The van der Waals surface area contributed by atoms with E-state index in [4.69, 9.17) is 15.2 Å². The van der Waals surface area contributed by atoms with Crippen LogP contribution in [0.15, 0.2) is 42.5 Å². The lowest BCUT2D eigenvalue weighted by Gasteiger charge is -2.10. The van der Waals surface area contributed by atoms with E-state index >= 15 is 0 Å². The number of methoxy groups -OCH3 is 1. The lowest BCUT2D eigenvalue weighted by molar-refractivity contribution is -0.121. The van der Waals surface area contributed by atoms with E-state index < -0.39 is 11.8 Å². The number of amides is 3. The normalized spacial score (nSPS) is 10.5. The highest BCUT2D eigenvalue weighted by molar-refractivity contribution is 5.98. The van der Waals surface area contributed by atoms with E-state index in [2.05, 4.69) is 10.6 Å². The second kappa shape index (κ2) is 10.7. The number of nitrogens with two attached hydrogens (primary N) is 1. The van der Waals surface area contributed by atoms with Gasteiger partial charge in [0, 0.05) is 11.8 Å². The molecule has 3 amide bonds. The number of carbonyl (C=O) groups excluding carboxylic acids is 3. The van der Waals surface area contributed by atoms with Crippen LogP contribution in [-0.4, -0.2) is 38.0 Å². The number of nitrogens with one attached hydrogen (secondary N) is 2. The van der Waals surface area contributed by atoms with Crippen LogP contribution in [0.2, 0.25) is 0 Å². The highest BCUT2D eigenvalue weighted by atomic mass is 16.5. The molecule has 0 aromatic heterocycles. The molecule has 4 N–H and O–H groups in total. The smallest absolute Gasteiger partial charge is 0.255 e. The van der Waals surface area contributed by atoms with Crippen molar-refractivity contribution in [3.05, 3.63) is 59.2 Å². The van der Waals surface area contributed by atoms with Crippen molar-refractivity contribution in [2.75, 3.05) is 25.6 Å². The van der Waals surface area contributed by atoms with Crippen molar-refractivity contribution in [1.29, 1.82) is 0 Å². The van der Waals surface area contributed by atoms with Crippen LogP contribution >= 0.6 is 0 Å². The van der Waals surface area contributed by atoms with Crippen LogP contribution in [0.4, 0.5) is 5.69 Å². The largest absolute Gasteiger partial charge is 0.493 e. The first-order valence-electron chi connectivity index (χ1n) is 9.21. The summed E-state index contributed by atoms with van der Waals surface area (Å²) in [6.45, 7) is 3.46. The molecule has 0 spiro atoms. The van der Waals surface area contributed by atoms with Crippen LogP contribution in [0.1, 0.15) is 16.7 Å². The lowest BCUT2D eigenvalue weighted by atomic mass is 10.1. The van der Waals surface area contributed by atoms with Crippen LogP contribution in [0.5, 0.6) is 11.5 Å². The van der Waals surface area contributed by atoms with E-state index in [-0.39, 0.29) is 19.1 Å². The zero-order chi connectivity index (χ0) is 22.1. The number of hydrogen-bond donors (Lipinski definition) is 3. The lowest BCUT2D eigenvalue weighted by Crippen LogP contribution is -2.31. The van der Waals surface area contributed by atoms with Gasteiger partial charge in [0.15, 0.2) is 18.1 Å². The minimum absolute atomic E-state index is 0.153. The van der Waals surface area contributed by atoms with Crippen molar-refractivity contribution < 1.29 is 23.9 Å². The van der Waals surface area contributed by atoms with Crippen molar-refractivity contribution in [1.82, 2.24) is 5.32 Å². The molecule has 0 aliphatic rings. The molecule has 0 radical (unpaired) electrons. The minimum Gasteiger partial charge on any atom is -0.493 e. The quantitative estimate of drug-likeness (QED) is 0.545. The molecule has 0 saturated heterocycles. The van der Waals surface area contributed by atoms with Crippen molar-refractivity contribution >= 4 is 29.5 Å². The average molecular weight is 411 g/mol. The second-order valence-corrected chi connectivity index (χ2v) is 6.51. The molecule has 30 heavy (non-hydrogen) atoms. The molecule has 158 valence electrons. The summed E-state index contributed by atoms with van der Waals surface area (Å²) in [7, 11) is 1.46. The highest BCUT2D eigenvalue weighted by Gasteiger charge is 2.08. The number of benzene rings is 2. The SMILES string of the molecule is COc1cc(/C=C/C(=O)NCC(=O)Nc2cccc(C)c2C)ccc1OCC(N)=O. The molecule has 8 heteroatoms. The predicted octanol–water partition coefficient (Wildman–Crippen LogP) is 1.94. The monoisotopic (exact) mass is 411 g/mol. The van der Waals surface area contributed by atoms with Crippen LogP contribution in [0.25, 0.3) is 6.08 Å². The maximum absolute atomic E-state index is 12.1. The Hall–Kier alpha value is -3.81. The van der Waals surface area contributed by atoms with Gasteiger partial charge in [-0.05, 0) is 54.8 Å².